The zero-order chi connectivity index (χ0) is 22.8. The molecule has 0 unspecified atom stereocenters. The number of hydrogen-bond acceptors (Lipinski definition) is 5. The molecule has 0 bridgehead atoms. The molecule has 0 spiro atoms. The first kappa shape index (κ1) is 20.9. The Kier molecular flexibility index (Phi) is 5.65. The highest BCUT2D eigenvalue weighted by molar-refractivity contribution is 6.05. The summed E-state index contributed by atoms with van der Waals surface area (Å²) in [6.07, 6.45) is 3.69. The molecule has 0 radical (unpaired) electrons. The molecule has 33 heavy (non-hydrogen) atoms. The average molecular weight is 438 g/mol. The minimum absolute atomic E-state index is 0.0986. The Morgan fingerprint density at radius 3 is 2.36 bits per heavy atom. The van der Waals surface area contributed by atoms with Gasteiger partial charge in [-0.1, -0.05) is 30.3 Å². The fraction of sp³-hybridized carbons (Fsp3) is 0.222. The molecule has 5 rings (SSSR count). The van der Waals surface area contributed by atoms with Crippen LogP contribution in [0.15, 0.2) is 82.8 Å². The summed E-state index contributed by atoms with van der Waals surface area (Å²) in [7, 11) is 0. The number of pyridine rings is 1. The maximum absolute atomic E-state index is 12.7. The molecule has 1 N–H and O–H groups in total. The van der Waals surface area contributed by atoms with Crippen molar-refractivity contribution >= 4 is 22.8 Å². The lowest BCUT2D eigenvalue weighted by molar-refractivity contribution is 0.653. The molecule has 6 heteroatoms. The molecule has 1 saturated heterocycles. The number of benzene rings is 1. The molecule has 1 aromatic carbocycles. The van der Waals surface area contributed by atoms with Gasteiger partial charge in [-0.2, -0.15) is 0 Å². The predicted octanol–water partition coefficient (Wildman–Crippen LogP) is 4.65. The van der Waals surface area contributed by atoms with Gasteiger partial charge in [0.15, 0.2) is 0 Å². The SMILES string of the molecule is CC(=Nc1cc(N2CCN(c3ccncc3)CC2)ccc1C)c1c2cccccc-2[nH]c1=O. The van der Waals surface area contributed by atoms with E-state index in [9.17, 15) is 4.79 Å². The van der Waals surface area contributed by atoms with Crippen LogP contribution < -0.4 is 15.4 Å². The van der Waals surface area contributed by atoms with E-state index in [0.717, 1.165) is 60.1 Å². The lowest BCUT2D eigenvalue weighted by Crippen LogP contribution is -2.46. The zero-order valence-electron chi connectivity index (χ0n) is 19.0. The van der Waals surface area contributed by atoms with E-state index in [0.29, 0.717) is 5.56 Å². The number of fused-ring (bicyclic) bond motifs is 1. The average Bonchev–Trinajstić information content (AvgIpc) is 2.99. The van der Waals surface area contributed by atoms with Crippen molar-refractivity contribution in [1.82, 2.24) is 9.97 Å². The van der Waals surface area contributed by atoms with Gasteiger partial charge in [0.1, 0.15) is 0 Å². The van der Waals surface area contributed by atoms with Crippen molar-refractivity contribution in [2.24, 2.45) is 4.99 Å². The molecule has 0 atom stereocenters. The Bertz CT molecular complexity index is 1320. The molecule has 2 aromatic rings. The standard InChI is InChI=1S/C27H27N5O/c1-19-8-9-22(32-16-14-31(15-17-32)21-10-12-28-13-11-21)18-25(19)29-20(2)26-23-6-4-3-5-7-24(23)30-27(26)33/h3-13,18H,14-17H2,1-2H3,(H,30,33). The molecule has 3 heterocycles. The number of rotatable bonds is 4. The summed E-state index contributed by atoms with van der Waals surface area (Å²) in [6.45, 7) is 7.78. The lowest BCUT2D eigenvalue weighted by Gasteiger charge is -2.37. The van der Waals surface area contributed by atoms with Crippen molar-refractivity contribution in [3.8, 4) is 11.3 Å². The number of aliphatic imine (C=N–C) groups is 1. The van der Waals surface area contributed by atoms with E-state index in [1.165, 1.54) is 5.69 Å². The number of anilines is 2. The summed E-state index contributed by atoms with van der Waals surface area (Å²) >= 11 is 0. The number of H-pyrrole nitrogens is 1. The normalized spacial score (nSPS) is 14.7. The van der Waals surface area contributed by atoms with Crippen molar-refractivity contribution in [2.75, 3.05) is 36.0 Å². The molecule has 0 amide bonds. The van der Waals surface area contributed by atoms with E-state index in [1.54, 1.807) is 0 Å². The van der Waals surface area contributed by atoms with Crippen LogP contribution in [0.25, 0.3) is 11.3 Å². The summed E-state index contributed by atoms with van der Waals surface area (Å²) in [5.74, 6) is 0. The predicted molar refractivity (Wildman–Crippen MR) is 135 cm³/mol. The van der Waals surface area contributed by atoms with Crippen molar-refractivity contribution in [2.45, 2.75) is 13.8 Å². The summed E-state index contributed by atoms with van der Waals surface area (Å²) in [5, 5.41) is 0. The summed E-state index contributed by atoms with van der Waals surface area (Å²) in [5.41, 5.74) is 7.35. The second kappa shape index (κ2) is 8.90. The van der Waals surface area contributed by atoms with Gasteiger partial charge in [0.2, 0.25) is 0 Å². The van der Waals surface area contributed by atoms with E-state index in [2.05, 4.69) is 57.0 Å². The number of aromatic nitrogens is 2. The van der Waals surface area contributed by atoms with Crippen LogP contribution in [0.2, 0.25) is 0 Å². The first-order chi connectivity index (χ1) is 16.1. The van der Waals surface area contributed by atoms with Crippen LogP contribution in [0.3, 0.4) is 0 Å². The molecular formula is C27H27N5O. The van der Waals surface area contributed by atoms with Crippen molar-refractivity contribution in [1.29, 1.82) is 0 Å². The lowest BCUT2D eigenvalue weighted by atomic mass is 10.1. The first-order valence-corrected chi connectivity index (χ1v) is 11.3. The monoisotopic (exact) mass is 437 g/mol. The maximum atomic E-state index is 12.7. The third kappa shape index (κ3) is 4.24. The molecule has 1 aromatic heterocycles. The van der Waals surface area contributed by atoms with Crippen LogP contribution in [0, 0.1) is 6.92 Å². The Hall–Kier alpha value is -3.93. The largest absolute Gasteiger partial charge is 0.368 e. The van der Waals surface area contributed by atoms with Gasteiger partial charge in [-0.25, -0.2) is 0 Å². The Balaban J connectivity index is 1.40. The quantitative estimate of drug-likeness (QED) is 0.472. The minimum atomic E-state index is -0.0986. The highest BCUT2D eigenvalue weighted by Gasteiger charge is 2.19. The van der Waals surface area contributed by atoms with Crippen molar-refractivity contribution in [3.63, 3.8) is 0 Å². The fourth-order valence-corrected chi connectivity index (χ4v) is 4.47. The van der Waals surface area contributed by atoms with Crippen LogP contribution in [-0.4, -0.2) is 41.9 Å². The van der Waals surface area contributed by atoms with Crippen LogP contribution in [0.4, 0.5) is 17.1 Å². The Morgan fingerprint density at radius 1 is 0.909 bits per heavy atom. The summed E-state index contributed by atoms with van der Waals surface area (Å²) in [6, 6.07) is 20.3. The summed E-state index contributed by atoms with van der Waals surface area (Å²) < 4.78 is 0. The second-order valence-electron chi connectivity index (χ2n) is 8.41. The van der Waals surface area contributed by atoms with E-state index >= 15 is 0 Å². The molecule has 1 fully saturated rings. The van der Waals surface area contributed by atoms with Gasteiger partial charge in [0.05, 0.1) is 17.0 Å². The number of hydrogen-bond donors (Lipinski definition) is 1. The van der Waals surface area contributed by atoms with E-state index in [-0.39, 0.29) is 5.56 Å². The van der Waals surface area contributed by atoms with Gasteiger partial charge in [-0.15, -0.1) is 0 Å². The van der Waals surface area contributed by atoms with Gasteiger partial charge in [0, 0.05) is 61.2 Å². The molecule has 2 aliphatic heterocycles. The van der Waals surface area contributed by atoms with E-state index in [1.807, 2.05) is 49.6 Å². The Morgan fingerprint density at radius 2 is 1.61 bits per heavy atom. The number of aromatic amines is 1. The van der Waals surface area contributed by atoms with Gasteiger partial charge in [-0.05, 0) is 49.7 Å². The highest BCUT2D eigenvalue weighted by atomic mass is 16.1. The fourth-order valence-electron chi connectivity index (χ4n) is 4.47. The number of nitrogens with zero attached hydrogens (tertiary/aromatic N) is 4. The van der Waals surface area contributed by atoms with Gasteiger partial charge < -0.3 is 14.8 Å². The van der Waals surface area contributed by atoms with Crippen LogP contribution in [-0.2, 0) is 0 Å². The van der Waals surface area contributed by atoms with Crippen LogP contribution in [0.1, 0.15) is 18.1 Å². The number of piperazine rings is 1. The van der Waals surface area contributed by atoms with Crippen molar-refractivity contribution in [3.05, 3.63) is 94.5 Å². The molecule has 1 aliphatic carbocycles. The van der Waals surface area contributed by atoms with Gasteiger partial charge >= 0.3 is 0 Å². The smallest absolute Gasteiger partial charge is 0.258 e. The third-order valence-corrected chi connectivity index (χ3v) is 6.30. The molecule has 3 aliphatic rings. The van der Waals surface area contributed by atoms with Crippen molar-refractivity contribution < 1.29 is 0 Å². The summed E-state index contributed by atoms with van der Waals surface area (Å²) in [4.78, 5) is 29.4. The van der Waals surface area contributed by atoms with Gasteiger partial charge in [0.25, 0.3) is 5.56 Å². The van der Waals surface area contributed by atoms with E-state index < -0.39 is 0 Å². The Labute approximate surface area is 193 Å². The van der Waals surface area contributed by atoms with Crippen LogP contribution >= 0.6 is 0 Å². The molecule has 6 nitrogen and oxygen atoms in total. The maximum Gasteiger partial charge on any atom is 0.258 e. The van der Waals surface area contributed by atoms with Crippen LogP contribution in [0.5, 0.6) is 0 Å². The topological polar surface area (TPSA) is 64.6 Å². The molecule has 0 saturated carbocycles. The minimum Gasteiger partial charge on any atom is -0.368 e. The second-order valence-corrected chi connectivity index (χ2v) is 8.41. The first-order valence-electron chi connectivity index (χ1n) is 11.3. The molecular weight excluding hydrogens is 410 g/mol. The highest BCUT2D eigenvalue weighted by Crippen LogP contribution is 2.29. The zero-order valence-corrected chi connectivity index (χ0v) is 19.0. The van der Waals surface area contributed by atoms with E-state index in [4.69, 9.17) is 4.99 Å². The molecule has 166 valence electrons. The number of aryl methyl sites for hydroxylation is 1. The third-order valence-electron chi connectivity index (χ3n) is 6.30. The number of nitrogens with one attached hydrogen (secondary N) is 1. The van der Waals surface area contributed by atoms with Gasteiger partial charge in [-0.3, -0.25) is 14.8 Å².